The van der Waals surface area contributed by atoms with Crippen molar-refractivity contribution in [3.8, 4) is 0 Å². The first-order valence-corrected chi connectivity index (χ1v) is 5.33. The van der Waals surface area contributed by atoms with E-state index in [1.54, 1.807) is 24.3 Å². The Hall–Kier alpha value is -1.10. The molecule has 0 aliphatic carbocycles. The molecule has 0 heterocycles. The predicted molar refractivity (Wildman–Crippen MR) is 61.5 cm³/mol. The van der Waals surface area contributed by atoms with Gasteiger partial charge in [0, 0.05) is 23.7 Å². The van der Waals surface area contributed by atoms with Crippen LogP contribution in [0.2, 0.25) is 5.02 Å². The van der Waals surface area contributed by atoms with E-state index < -0.39 is 0 Å². The fourth-order valence-electron chi connectivity index (χ4n) is 1.36. The van der Waals surface area contributed by atoms with Crippen molar-refractivity contribution >= 4 is 17.5 Å². The minimum absolute atomic E-state index is 0.133. The maximum atomic E-state index is 11.9. The summed E-state index contributed by atoms with van der Waals surface area (Å²) in [6, 6.07) is 6.58. The molecule has 1 aromatic carbocycles. The van der Waals surface area contributed by atoms with Crippen LogP contribution in [0.15, 0.2) is 24.3 Å². The summed E-state index contributed by atoms with van der Waals surface area (Å²) in [7, 11) is 0. The number of halogens is 1. The summed E-state index contributed by atoms with van der Waals surface area (Å²) >= 11 is 5.78. The van der Waals surface area contributed by atoms with E-state index in [2.05, 4.69) is 0 Å². The smallest absolute Gasteiger partial charge is 0.254 e. The van der Waals surface area contributed by atoms with Gasteiger partial charge in [-0.15, -0.1) is 0 Å². The number of rotatable bonds is 5. The standard InChI is InChI=1S/C11H14ClNO3/c12-10-3-1-2-9(8-10)11(16)13(4-6-14)5-7-15/h1-3,8,14-15H,4-7H2. The minimum Gasteiger partial charge on any atom is -0.395 e. The molecule has 5 heteroatoms. The molecule has 0 unspecified atom stereocenters. The van der Waals surface area contributed by atoms with Crippen LogP contribution in [0, 0.1) is 0 Å². The van der Waals surface area contributed by atoms with Gasteiger partial charge in [-0.25, -0.2) is 0 Å². The fraction of sp³-hybridized carbons (Fsp3) is 0.364. The zero-order valence-electron chi connectivity index (χ0n) is 8.77. The minimum atomic E-state index is -0.245. The van der Waals surface area contributed by atoms with Crippen LogP contribution < -0.4 is 0 Å². The van der Waals surface area contributed by atoms with E-state index in [1.807, 2.05) is 0 Å². The Morgan fingerprint density at radius 2 is 1.88 bits per heavy atom. The summed E-state index contributed by atoms with van der Waals surface area (Å²) in [5.74, 6) is -0.245. The van der Waals surface area contributed by atoms with Gasteiger partial charge >= 0.3 is 0 Å². The Kier molecular flexibility index (Phi) is 5.25. The van der Waals surface area contributed by atoms with Gasteiger partial charge in [-0.2, -0.15) is 0 Å². The van der Waals surface area contributed by atoms with Crippen molar-refractivity contribution in [2.75, 3.05) is 26.3 Å². The third-order valence-electron chi connectivity index (χ3n) is 2.10. The van der Waals surface area contributed by atoms with Crippen molar-refractivity contribution in [2.45, 2.75) is 0 Å². The summed E-state index contributed by atoms with van der Waals surface area (Å²) in [4.78, 5) is 13.3. The lowest BCUT2D eigenvalue weighted by molar-refractivity contribution is 0.0685. The van der Waals surface area contributed by atoms with Crippen LogP contribution in [0.4, 0.5) is 0 Å². The Morgan fingerprint density at radius 3 is 2.38 bits per heavy atom. The molecule has 0 aliphatic heterocycles. The van der Waals surface area contributed by atoms with Gasteiger partial charge in [0.1, 0.15) is 0 Å². The van der Waals surface area contributed by atoms with E-state index in [0.717, 1.165) is 0 Å². The molecule has 0 atom stereocenters. The molecule has 0 saturated carbocycles. The number of carbonyl (C=O) groups is 1. The van der Waals surface area contributed by atoms with E-state index >= 15 is 0 Å². The average molecular weight is 244 g/mol. The van der Waals surface area contributed by atoms with Crippen molar-refractivity contribution in [2.24, 2.45) is 0 Å². The largest absolute Gasteiger partial charge is 0.395 e. The number of aliphatic hydroxyl groups is 2. The molecule has 16 heavy (non-hydrogen) atoms. The summed E-state index contributed by atoms with van der Waals surface area (Å²) in [6.07, 6.45) is 0. The van der Waals surface area contributed by atoms with Crippen LogP contribution in [0.1, 0.15) is 10.4 Å². The molecule has 88 valence electrons. The number of amides is 1. The number of nitrogens with zero attached hydrogens (tertiary/aromatic N) is 1. The SMILES string of the molecule is O=C(c1cccc(Cl)c1)N(CCO)CCO. The summed E-state index contributed by atoms with van der Waals surface area (Å²) in [5.41, 5.74) is 0.453. The predicted octanol–water partition coefficient (Wildman–Crippen LogP) is 0.767. The van der Waals surface area contributed by atoms with E-state index in [-0.39, 0.29) is 32.2 Å². The Morgan fingerprint density at radius 1 is 1.25 bits per heavy atom. The monoisotopic (exact) mass is 243 g/mol. The second kappa shape index (κ2) is 6.48. The molecular formula is C11H14ClNO3. The van der Waals surface area contributed by atoms with Crippen molar-refractivity contribution in [1.82, 2.24) is 4.90 Å². The maximum Gasteiger partial charge on any atom is 0.254 e. The summed E-state index contributed by atoms with van der Waals surface area (Å²) in [6.45, 7) is 0.135. The van der Waals surface area contributed by atoms with Gasteiger partial charge in [0.2, 0.25) is 0 Å². The second-order valence-corrected chi connectivity index (χ2v) is 3.69. The van der Waals surface area contributed by atoms with Crippen molar-refractivity contribution in [3.05, 3.63) is 34.9 Å². The molecule has 0 bridgehead atoms. The van der Waals surface area contributed by atoms with Crippen LogP contribution in [0.3, 0.4) is 0 Å². The maximum absolute atomic E-state index is 11.9. The first kappa shape index (κ1) is 13.0. The van der Waals surface area contributed by atoms with Gasteiger partial charge < -0.3 is 15.1 Å². The second-order valence-electron chi connectivity index (χ2n) is 3.25. The van der Waals surface area contributed by atoms with Crippen LogP contribution in [0.5, 0.6) is 0 Å². The zero-order valence-corrected chi connectivity index (χ0v) is 9.52. The molecule has 0 fully saturated rings. The van der Waals surface area contributed by atoms with Crippen LogP contribution in [-0.2, 0) is 0 Å². The van der Waals surface area contributed by atoms with Crippen LogP contribution in [0.25, 0.3) is 0 Å². The van der Waals surface area contributed by atoms with E-state index in [4.69, 9.17) is 21.8 Å². The third kappa shape index (κ3) is 3.48. The van der Waals surface area contributed by atoms with Gasteiger partial charge in [-0.1, -0.05) is 17.7 Å². The number of benzene rings is 1. The van der Waals surface area contributed by atoms with Gasteiger partial charge in [-0.05, 0) is 18.2 Å². The lowest BCUT2D eigenvalue weighted by atomic mass is 10.2. The molecule has 4 nitrogen and oxygen atoms in total. The lowest BCUT2D eigenvalue weighted by Gasteiger charge is -2.20. The van der Waals surface area contributed by atoms with Gasteiger partial charge in [0.15, 0.2) is 0 Å². The van der Waals surface area contributed by atoms with Gasteiger partial charge in [-0.3, -0.25) is 4.79 Å². The van der Waals surface area contributed by atoms with E-state index in [1.165, 1.54) is 4.90 Å². The van der Waals surface area contributed by atoms with Crippen molar-refractivity contribution in [1.29, 1.82) is 0 Å². The van der Waals surface area contributed by atoms with Crippen molar-refractivity contribution < 1.29 is 15.0 Å². The molecule has 0 aliphatic rings. The number of carbonyl (C=O) groups excluding carboxylic acids is 1. The van der Waals surface area contributed by atoms with E-state index in [0.29, 0.717) is 10.6 Å². The highest BCUT2D eigenvalue weighted by Crippen LogP contribution is 2.12. The molecule has 0 aromatic heterocycles. The van der Waals surface area contributed by atoms with Crippen LogP contribution in [-0.4, -0.2) is 47.3 Å². The topological polar surface area (TPSA) is 60.8 Å². The Labute approximate surface area is 99.1 Å². The molecule has 0 radical (unpaired) electrons. The number of hydrogen-bond acceptors (Lipinski definition) is 3. The molecule has 2 N–H and O–H groups in total. The summed E-state index contributed by atoms with van der Waals surface area (Å²) < 4.78 is 0. The highest BCUT2D eigenvalue weighted by Gasteiger charge is 2.14. The molecule has 1 amide bonds. The fourth-order valence-corrected chi connectivity index (χ4v) is 1.55. The normalized spacial score (nSPS) is 10.2. The molecule has 0 saturated heterocycles. The molecule has 1 aromatic rings. The lowest BCUT2D eigenvalue weighted by Crippen LogP contribution is -2.35. The Balaban J connectivity index is 2.81. The first-order chi connectivity index (χ1) is 7.69. The molecule has 1 rings (SSSR count). The van der Waals surface area contributed by atoms with Crippen molar-refractivity contribution in [3.63, 3.8) is 0 Å². The molecular weight excluding hydrogens is 230 g/mol. The zero-order chi connectivity index (χ0) is 12.0. The van der Waals surface area contributed by atoms with Gasteiger partial charge in [0.05, 0.1) is 13.2 Å². The van der Waals surface area contributed by atoms with Crippen LogP contribution >= 0.6 is 11.6 Å². The van der Waals surface area contributed by atoms with E-state index in [9.17, 15) is 4.79 Å². The third-order valence-corrected chi connectivity index (χ3v) is 2.33. The molecule has 0 spiro atoms. The average Bonchev–Trinajstić information content (AvgIpc) is 2.28. The first-order valence-electron chi connectivity index (χ1n) is 4.95. The number of aliphatic hydroxyl groups excluding tert-OH is 2. The van der Waals surface area contributed by atoms with Gasteiger partial charge in [0.25, 0.3) is 5.91 Å². The quantitative estimate of drug-likeness (QED) is 0.803. The highest BCUT2D eigenvalue weighted by atomic mass is 35.5. The highest BCUT2D eigenvalue weighted by molar-refractivity contribution is 6.30. The summed E-state index contributed by atoms with van der Waals surface area (Å²) in [5, 5.41) is 18.1. The Bertz CT molecular complexity index is 351. The number of hydrogen-bond donors (Lipinski definition) is 2.